The molecule has 2 N–H and O–H groups in total. The van der Waals surface area contributed by atoms with Crippen LogP contribution in [-0.2, 0) is 6.42 Å². The molecule has 2 aromatic rings. The van der Waals surface area contributed by atoms with Gasteiger partial charge in [0.1, 0.15) is 12.7 Å². The monoisotopic (exact) mass is 372 g/mol. The van der Waals surface area contributed by atoms with Crippen LogP contribution < -0.4 is 14.8 Å². The molecule has 0 spiro atoms. The Morgan fingerprint density at radius 2 is 1.70 bits per heavy atom. The largest absolute Gasteiger partial charge is 0.493 e. The van der Waals surface area contributed by atoms with Gasteiger partial charge >= 0.3 is 0 Å². The van der Waals surface area contributed by atoms with E-state index in [1.807, 2.05) is 24.3 Å². The highest BCUT2D eigenvalue weighted by atomic mass is 16.5. The van der Waals surface area contributed by atoms with Crippen molar-refractivity contribution in [3.8, 4) is 11.5 Å². The van der Waals surface area contributed by atoms with E-state index in [-0.39, 0.29) is 6.61 Å². The number of aryl methyl sites for hydroxylation is 1. The second-order valence-corrected chi connectivity index (χ2v) is 6.71. The van der Waals surface area contributed by atoms with Gasteiger partial charge in [-0.05, 0) is 44.1 Å². The number of ether oxygens (including phenoxy) is 2. The van der Waals surface area contributed by atoms with Crippen molar-refractivity contribution >= 4 is 0 Å². The Kier molecular flexibility index (Phi) is 9.69. The van der Waals surface area contributed by atoms with Crippen molar-refractivity contribution in [2.75, 3.05) is 46.9 Å². The molecule has 5 nitrogen and oxygen atoms in total. The van der Waals surface area contributed by atoms with E-state index in [0.717, 1.165) is 32.5 Å². The number of para-hydroxylation sites is 2. The summed E-state index contributed by atoms with van der Waals surface area (Å²) in [5.74, 6) is 1.33. The van der Waals surface area contributed by atoms with Crippen molar-refractivity contribution in [3.05, 3.63) is 60.2 Å². The van der Waals surface area contributed by atoms with Crippen LogP contribution in [-0.4, -0.2) is 63.1 Å². The van der Waals surface area contributed by atoms with Gasteiger partial charge in [-0.25, -0.2) is 0 Å². The zero-order valence-corrected chi connectivity index (χ0v) is 16.4. The first-order chi connectivity index (χ1) is 13.2. The van der Waals surface area contributed by atoms with E-state index in [1.165, 1.54) is 5.56 Å². The summed E-state index contributed by atoms with van der Waals surface area (Å²) >= 11 is 0. The molecule has 0 aliphatic rings. The van der Waals surface area contributed by atoms with Crippen molar-refractivity contribution < 1.29 is 14.6 Å². The van der Waals surface area contributed by atoms with Crippen LogP contribution in [0.3, 0.4) is 0 Å². The summed E-state index contributed by atoms with van der Waals surface area (Å²) in [4.78, 5) is 2.31. The molecule has 1 atom stereocenters. The van der Waals surface area contributed by atoms with Gasteiger partial charge in [-0.1, -0.05) is 42.5 Å². The zero-order valence-electron chi connectivity index (χ0n) is 16.4. The number of rotatable bonds is 13. The van der Waals surface area contributed by atoms with Crippen molar-refractivity contribution in [2.24, 2.45) is 0 Å². The van der Waals surface area contributed by atoms with Gasteiger partial charge in [0.25, 0.3) is 0 Å². The minimum Gasteiger partial charge on any atom is -0.493 e. The first-order valence-electron chi connectivity index (χ1n) is 9.56. The van der Waals surface area contributed by atoms with Crippen LogP contribution in [0, 0.1) is 0 Å². The molecule has 0 radical (unpaired) electrons. The maximum absolute atomic E-state index is 10.1. The van der Waals surface area contributed by atoms with Crippen molar-refractivity contribution in [1.82, 2.24) is 10.2 Å². The maximum Gasteiger partial charge on any atom is 0.161 e. The average molecular weight is 373 g/mol. The number of methoxy groups -OCH3 is 1. The Morgan fingerprint density at radius 1 is 1.00 bits per heavy atom. The van der Waals surface area contributed by atoms with Crippen LogP contribution in [0.2, 0.25) is 0 Å². The molecule has 0 aliphatic carbocycles. The number of hydrogen-bond acceptors (Lipinski definition) is 5. The molecule has 2 aromatic carbocycles. The Bertz CT molecular complexity index is 636. The second kappa shape index (κ2) is 12.3. The fourth-order valence-electron chi connectivity index (χ4n) is 2.83. The highest BCUT2D eigenvalue weighted by Crippen LogP contribution is 2.25. The Labute approximate surface area is 162 Å². The van der Waals surface area contributed by atoms with Gasteiger partial charge < -0.3 is 24.8 Å². The van der Waals surface area contributed by atoms with Crippen molar-refractivity contribution in [3.63, 3.8) is 0 Å². The summed E-state index contributed by atoms with van der Waals surface area (Å²) in [6, 6.07) is 18.0. The van der Waals surface area contributed by atoms with Gasteiger partial charge in [-0.2, -0.15) is 0 Å². The molecular weight excluding hydrogens is 340 g/mol. The standard InChI is InChI=1S/C22H32N2O3/c1-24(15-8-11-19-9-4-3-5-10-19)16-14-23-17-20(25)18-27-22-13-7-6-12-21(22)26-2/h3-7,9-10,12-13,20,23,25H,8,11,14-18H2,1-2H3. The smallest absolute Gasteiger partial charge is 0.161 e. The topological polar surface area (TPSA) is 54.0 Å². The molecule has 0 amide bonds. The normalized spacial score (nSPS) is 12.1. The van der Waals surface area contributed by atoms with E-state index in [4.69, 9.17) is 9.47 Å². The number of nitrogens with one attached hydrogen (secondary N) is 1. The van der Waals surface area contributed by atoms with Crippen LogP contribution in [0.25, 0.3) is 0 Å². The summed E-state index contributed by atoms with van der Waals surface area (Å²) in [6.07, 6.45) is 1.70. The second-order valence-electron chi connectivity index (χ2n) is 6.71. The highest BCUT2D eigenvalue weighted by Gasteiger charge is 2.08. The SMILES string of the molecule is COc1ccccc1OCC(O)CNCCN(C)CCCc1ccccc1. The zero-order chi connectivity index (χ0) is 19.3. The van der Waals surface area contributed by atoms with Gasteiger partial charge in [-0.3, -0.25) is 0 Å². The number of benzene rings is 2. The number of aliphatic hydroxyl groups excluding tert-OH is 1. The first-order valence-corrected chi connectivity index (χ1v) is 9.56. The van der Waals surface area contributed by atoms with Gasteiger partial charge in [0.15, 0.2) is 11.5 Å². The lowest BCUT2D eigenvalue weighted by Gasteiger charge is -2.18. The Balaban J connectivity index is 1.52. The van der Waals surface area contributed by atoms with Crippen LogP contribution in [0.4, 0.5) is 0 Å². The fourth-order valence-corrected chi connectivity index (χ4v) is 2.83. The number of likely N-dealkylation sites (N-methyl/N-ethyl adjacent to an activating group) is 1. The van der Waals surface area contributed by atoms with Crippen LogP contribution in [0.5, 0.6) is 11.5 Å². The quantitative estimate of drug-likeness (QED) is 0.530. The molecule has 1 unspecified atom stereocenters. The molecule has 0 saturated carbocycles. The lowest BCUT2D eigenvalue weighted by atomic mass is 10.1. The molecule has 27 heavy (non-hydrogen) atoms. The summed E-state index contributed by atoms with van der Waals surface area (Å²) in [5.41, 5.74) is 1.39. The molecule has 0 aliphatic heterocycles. The summed E-state index contributed by atoms with van der Waals surface area (Å²) in [7, 11) is 3.74. The first kappa shape index (κ1) is 21.2. The molecule has 2 rings (SSSR count). The predicted molar refractivity (Wildman–Crippen MR) is 110 cm³/mol. The number of hydrogen-bond donors (Lipinski definition) is 2. The van der Waals surface area contributed by atoms with Gasteiger partial charge in [0.2, 0.25) is 0 Å². The molecule has 0 heterocycles. The van der Waals surface area contributed by atoms with Gasteiger partial charge in [-0.15, -0.1) is 0 Å². The molecule has 148 valence electrons. The van der Waals surface area contributed by atoms with Crippen molar-refractivity contribution in [1.29, 1.82) is 0 Å². The molecule has 0 bridgehead atoms. The Hall–Kier alpha value is -2.08. The Morgan fingerprint density at radius 3 is 2.44 bits per heavy atom. The van der Waals surface area contributed by atoms with Gasteiger partial charge in [0.05, 0.1) is 7.11 Å². The fraction of sp³-hybridized carbons (Fsp3) is 0.455. The third-order valence-corrected chi connectivity index (χ3v) is 4.40. The van der Waals surface area contributed by atoms with E-state index in [9.17, 15) is 5.11 Å². The van der Waals surface area contributed by atoms with Crippen LogP contribution >= 0.6 is 0 Å². The third-order valence-electron chi connectivity index (χ3n) is 4.40. The highest BCUT2D eigenvalue weighted by molar-refractivity contribution is 5.39. The van der Waals surface area contributed by atoms with Crippen LogP contribution in [0.1, 0.15) is 12.0 Å². The van der Waals surface area contributed by atoms with Crippen LogP contribution in [0.15, 0.2) is 54.6 Å². The molecular formula is C22H32N2O3. The van der Waals surface area contributed by atoms with E-state index < -0.39 is 6.10 Å². The van der Waals surface area contributed by atoms with E-state index in [0.29, 0.717) is 18.0 Å². The molecule has 5 heteroatoms. The van der Waals surface area contributed by atoms with E-state index >= 15 is 0 Å². The summed E-state index contributed by atoms with van der Waals surface area (Å²) in [6.45, 7) is 3.60. The number of aliphatic hydroxyl groups is 1. The molecule has 0 saturated heterocycles. The molecule has 0 fully saturated rings. The maximum atomic E-state index is 10.1. The summed E-state index contributed by atoms with van der Waals surface area (Å²) < 4.78 is 10.9. The van der Waals surface area contributed by atoms with E-state index in [2.05, 4.69) is 47.6 Å². The summed E-state index contributed by atoms with van der Waals surface area (Å²) in [5, 5.41) is 13.4. The number of nitrogens with zero attached hydrogens (tertiary/aromatic N) is 1. The predicted octanol–water partition coefficient (Wildman–Crippen LogP) is 2.59. The van der Waals surface area contributed by atoms with Gasteiger partial charge in [0, 0.05) is 19.6 Å². The minimum atomic E-state index is -0.557. The average Bonchev–Trinajstić information content (AvgIpc) is 2.70. The third kappa shape index (κ3) is 8.43. The molecule has 0 aromatic heterocycles. The lowest BCUT2D eigenvalue weighted by Crippen LogP contribution is -2.36. The van der Waals surface area contributed by atoms with Crippen molar-refractivity contribution in [2.45, 2.75) is 18.9 Å². The van der Waals surface area contributed by atoms with E-state index in [1.54, 1.807) is 7.11 Å². The minimum absolute atomic E-state index is 0.236. The lowest BCUT2D eigenvalue weighted by molar-refractivity contribution is 0.104.